The Morgan fingerprint density at radius 2 is 2.14 bits per heavy atom. The first kappa shape index (κ1) is 14.6. The Hall–Kier alpha value is -2.30. The van der Waals surface area contributed by atoms with Gasteiger partial charge in [0.05, 0.1) is 35.7 Å². The maximum absolute atomic E-state index is 13.6. The average molecular weight is 322 g/mol. The third-order valence-corrected chi connectivity index (χ3v) is 3.80. The number of halogens is 2. The SMILES string of the molecule is N#Cc1cnc2cc(N3CCOCC3)c(N)cc2c1N(F)Cl. The van der Waals surface area contributed by atoms with Crippen LogP contribution in [0.15, 0.2) is 18.3 Å². The van der Waals surface area contributed by atoms with Crippen LogP contribution >= 0.6 is 11.8 Å². The van der Waals surface area contributed by atoms with Crippen molar-refractivity contribution in [2.45, 2.75) is 0 Å². The molecule has 0 spiro atoms. The molecule has 1 aromatic heterocycles. The van der Waals surface area contributed by atoms with E-state index in [1.807, 2.05) is 6.07 Å². The summed E-state index contributed by atoms with van der Waals surface area (Å²) in [5, 5.41) is 9.45. The number of nitrogens with two attached hydrogens (primary N) is 1. The first-order valence-electron chi connectivity index (χ1n) is 6.68. The molecule has 2 aromatic rings. The van der Waals surface area contributed by atoms with Crippen LogP contribution in [0, 0.1) is 11.3 Å². The molecule has 114 valence electrons. The second-order valence-corrected chi connectivity index (χ2v) is 5.19. The molecule has 1 saturated heterocycles. The largest absolute Gasteiger partial charge is 0.397 e. The molecular weight excluding hydrogens is 309 g/mol. The number of aromatic nitrogens is 1. The second-order valence-electron chi connectivity index (χ2n) is 4.89. The van der Waals surface area contributed by atoms with Crippen LogP contribution in [0.3, 0.4) is 0 Å². The molecule has 1 aliphatic rings. The van der Waals surface area contributed by atoms with E-state index in [4.69, 9.17) is 27.5 Å². The fraction of sp³-hybridized carbons (Fsp3) is 0.286. The molecule has 3 rings (SSSR count). The summed E-state index contributed by atoms with van der Waals surface area (Å²) in [5.41, 5.74) is 7.92. The van der Waals surface area contributed by atoms with Gasteiger partial charge in [-0.25, -0.2) is 0 Å². The highest BCUT2D eigenvalue weighted by Gasteiger charge is 2.19. The highest BCUT2D eigenvalue weighted by Crippen LogP contribution is 2.36. The first-order valence-corrected chi connectivity index (χ1v) is 7.02. The minimum atomic E-state index is -0.101. The number of morpholine rings is 1. The molecule has 1 aliphatic heterocycles. The summed E-state index contributed by atoms with van der Waals surface area (Å²) >= 11 is 5.43. The molecule has 22 heavy (non-hydrogen) atoms. The maximum atomic E-state index is 13.6. The lowest BCUT2D eigenvalue weighted by atomic mass is 10.1. The number of pyridine rings is 1. The third-order valence-electron chi connectivity index (χ3n) is 3.63. The molecule has 1 fully saturated rings. The number of hydrogen-bond donors (Lipinski definition) is 1. The Balaban J connectivity index is 2.17. The normalized spacial score (nSPS) is 14.9. The van der Waals surface area contributed by atoms with Gasteiger partial charge >= 0.3 is 0 Å². The fourth-order valence-electron chi connectivity index (χ4n) is 2.57. The number of nitriles is 1. The molecule has 0 atom stereocenters. The lowest BCUT2D eigenvalue weighted by Gasteiger charge is -2.30. The predicted octanol–water partition coefficient (Wildman–Crippen LogP) is 2.37. The molecule has 0 amide bonds. The van der Waals surface area contributed by atoms with Crippen molar-refractivity contribution >= 4 is 39.7 Å². The molecule has 0 bridgehead atoms. The van der Waals surface area contributed by atoms with Gasteiger partial charge in [0.15, 0.2) is 0 Å². The fourth-order valence-corrected chi connectivity index (χ4v) is 2.75. The zero-order valence-corrected chi connectivity index (χ0v) is 12.3. The number of benzene rings is 1. The van der Waals surface area contributed by atoms with Gasteiger partial charge in [0.1, 0.15) is 11.8 Å². The van der Waals surface area contributed by atoms with Crippen LogP contribution in [0.2, 0.25) is 0 Å². The molecule has 6 nitrogen and oxygen atoms in total. The van der Waals surface area contributed by atoms with Gasteiger partial charge in [0.25, 0.3) is 0 Å². The third kappa shape index (κ3) is 2.47. The summed E-state index contributed by atoms with van der Waals surface area (Å²) in [4.78, 5) is 6.29. The number of hydrogen-bond acceptors (Lipinski definition) is 6. The average Bonchev–Trinajstić information content (AvgIpc) is 2.53. The number of fused-ring (bicyclic) bond motifs is 1. The first-order chi connectivity index (χ1) is 10.6. The number of anilines is 3. The van der Waals surface area contributed by atoms with E-state index in [1.54, 1.807) is 12.1 Å². The summed E-state index contributed by atoms with van der Waals surface area (Å²) in [5.74, 6) is 0. The van der Waals surface area contributed by atoms with Crippen molar-refractivity contribution in [2.24, 2.45) is 0 Å². The Morgan fingerprint density at radius 1 is 1.41 bits per heavy atom. The van der Waals surface area contributed by atoms with Crippen LogP contribution in [0.1, 0.15) is 5.56 Å². The van der Waals surface area contributed by atoms with Crippen LogP contribution in [0.4, 0.5) is 21.5 Å². The lowest BCUT2D eigenvalue weighted by Crippen LogP contribution is -2.36. The van der Waals surface area contributed by atoms with Crippen molar-refractivity contribution in [1.82, 2.24) is 4.98 Å². The smallest absolute Gasteiger partial charge is 0.117 e. The van der Waals surface area contributed by atoms with E-state index in [9.17, 15) is 4.48 Å². The number of nitrogens with zero attached hydrogens (tertiary/aromatic N) is 4. The van der Waals surface area contributed by atoms with E-state index in [1.165, 1.54) is 6.20 Å². The van der Waals surface area contributed by atoms with Crippen molar-refractivity contribution in [2.75, 3.05) is 41.6 Å². The van der Waals surface area contributed by atoms with Crippen molar-refractivity contribution in [3.8, 4) is 6.07 Å². The van der Waals surface area contributed by atoms with E-state index >= 15 is 0 Å². The molecule has 0 aliphatic carbocycles. The van der Waals surface area contributed by atoms with Gasteiger partial charge < -0.3 is 15.4 Å². The zero-order valence-electron chi connectivity index (χ0n) is 11.6. The zero-order chi connectivity index (χ0) is 15.7. The van der Waals surface area contributed by atoms with Crippen molar-refractivity contribution in [3.05, 3.63) is 23.9 Å². The lowest BCUT2D eigenvalue weighted by molar-refractivity contribution is 0.123. The molecular formula is C14H13ClFN5O. The van der Waals surface area contributed by atoms with Gasteiger partial charge in [-0.3, -0.25) is 4.98 Å². The predicted molar refractivity (Wildman–Crippen MR) is 83.3 cm³/mol. The summed E-state index contributed by atoms with van der Waals surface area (Å²) < 4.78 is 18.8. The van der Waals surface area contributed by atoms with Crippen molar-refractivity contribution < 1.29 is 9.22 Å². The highest BCUT2D eigenvalue weighted by atomic mass is 35.5. The quantitative estimate of drug-likeness (QED) is 0.676. The van der Waals surface area contributed by atoms with Crippen molar-refractivity contribution in [1.29, 1.82) is 5.26 Å². The van der Waals surface area contributed by atoms with E-state index in [0.717, 1.165) is 18.8 Å². The summed E-state index contributed by atoms with van der Waals surface area (Å²) in [6.07, 6.45) is 1.30. The maximum Gasteiger partial charge on any atom is 0.117 e. The Kier molecular flexibility index (Phi) is 3.88. The van der Waals surface area contributed by atoms with E-state index in [2.05, 4.69) is 9.88 Å². The molecule has 8 heteroatoms. The van der Waals surface area contributed by atoms with Crippen LogP contribution < -0.4 is 15.3 Å². The number of ether oxygens (including phenoxy) is 1. The monoisotopic (exact) mass is 321 g/mol. The molecule has 0 saturated carbocycles. The number of nitrogen functional groups attached to an aromatic ring is 1. The van der Waals surface area contributed by atoms with E-state index in [0.29, 0.717) is 29.8 Å². The van der Waals surface area contributed by atoms with Crippen LogP contribution in [0.5, 0.6) is 0 Å². The van der Waals surface area contributed by atoms with Gasteiger partial charge in [-0.05, 0) is 12.1 Å². The minimum absolute atomic E-state index is 0.0449. The van der Waals surface area contributed by atoms with Gasteiger partial charge in [-0.2, -0.15) is 5.26 Å². The molecule has 1 aromatic carbocycles. The van der Waals surface area contributed by atoms with Gasteiger partial charge in [-0.15, -0.1) is 4.64 Å². The van der Waals surface area contributed by atoms with E-state index in [-0.39, 0.29) is 15.9 Å². The highest BCUT2D eigenvalue weighted by molar-refractivity contribution is 6.26. The Labute approximate surface area is 131 Å². The standard InChI is InChI=1S/C14H13ClFN5O/c15-21(16)14-9(7-17)8-19-12-6-13(11(18)5-10(12)14)20-1-3-22-4-2-20/h5-6,8H,1-4,18H2. The summed E-state index contributed by atoms with van der Waals surface area (Å²) in [6.45, 7) is 2.71. The summed E-state index contributed by atoms with van der Waals surface area (Å²) in [6, 6.07) is 5.24. The molecule has 0 unspecified atom stereocenters. The second kappa shape index (κ2) is 5.83. The van der Waals surface area contributed by atoms with Crippen LogP contribution in [0.25, 0.3) is 10.9 Å². The summed E-state index contributed by atoms with van der Waals surface area (Å²) in [7, 11) is 0. The van der Waals surface area contributed by atoms with Gasteiger partial charge in [0, 0.05) is 36.4 Å². The van der Waals surface area contributed by atoms with E-state index < -0.39 is 0 Å². The van der Waals surface area contributed by atoms with Crippen molar-refractivity contribution in [3.63, 3.8) is 0 Å². The van der Waals surface area contributed by atoms with Gasteiger partial charge in [0.2, 0.25) is 0 Å². The molecule has 2 heterocycles. The molecule has 0 radical (unpaired) electrons. The van der Waals surface area contributed by atoms with Crippen LogP contribution in [-0.2, 0) is 4.74 Å². The Bertz CT molecular complexity index is 755. The molecule has 2 N–H and O–H groups in total. The number of rotatable bonds is 2. The topological polar surface area (TPSA) is 78.4 Å². The minimum Gasteiger partial charge on any atom is -0.397 e. The van der Waals surface area contributed by atoms with Crippen LogP contribution in [-0.4, -0.2) is 31.3 Å². The Morgan fingerprint density at radius 3 is 2.77 bits per heavy atom. The van der Waals surface area contributed by atoms with Gasteiger partial charge in [-0.1, -0.05) is 4.48 Å².